The predicted molar refractivity (Wildman–Crippen MR) is 125 cm³/mol. The van der Waals surface area contributed by atoms with Crippen molar-refractivity contribution >= 4 is 33.6 Å². The number of carbonyl (C=O) groups excluding carboxylic acids is 1. The highest BCUT2D eigenvalue weighted by Gasteiger charge is 2.30. The van der Waals surface area contributed by atoms with E-state index in [1.54, 1.807) is 5.38 Å². The molecule has 0 saturated carbocycles. The third kappa shape index (κ3) is 7.39. The van der Waals surface area contributed by atoms with E-state index in [1.165, 1.54) is 22.3 Å². The Kier molecular flexibility index (Phi) is 8.54. The standard InChI is InChI=1S/C22H23F4N3O7S2/c1-38(31,32)36-18-3-2-16(23)14-8-33-21(34-9-15(14)18)17-11-37-20(28-17)13-4-6-29(7-5-13)19(30)10-35-27-12-22(24,25)26/h2-3,11-13,21H,4-10H2,1H3/b27-12+. The number of hydrogen-bond acceptors (Lipinski definition) is 10. The number of alkyl halides is 3. The average molecular weight is 582 g/mol. The number of likely N-dealkylation sites (tertiary alicyclic amines) is 1. The molecule has 1 amide bonds. The first kappa shape index (κ1) is 28.2. The van der Waals surface area contributed by atoms with Crippen LogP contribution >= 0.6 is 11.3 Å². The van der Waals surface area contributed by atoms with E-state index in [4.69, 9.17) is 13.7 Å². The molecule has 1 saturated heterocycles. The van der Waals surface area contributed by atoms with Crippen molar-refractivity contribution in [1.82, 2.24) is 9.88 Å². The van der Waals surface area contributed by atoms with Crippen LogP contribution in [0, 0.1) is 5.82 Å². The first-order chi connectivity index (χ1) is 17.9. The molecule has 1 aromatic carbocycles. The Bertz CT molecular complexity index is 1290. The van der Waals surface area contributed by atoms with Crippen LogP contribution in [0.2, 0.25) is 0 Å². The van der Waals surface area contributed by atoms with Crippen LogP contribution in [0.3, 0.4) is 0 Å². The zero-order valence-corrected chi connectivity index (χ0v) is 21.6. The van der Waals surface area contributed by atoms with Crippen molar-refractivity contribution in [2.75, 3.05) is 26.0 Å². The molecule has 2 aromatic rings. The largest absolute Gasteiger partial charge is 0.429 e. The number of amides is 1. The molecular formula is C22H23F4N3O7S2. The van der Waals surface area contributed by atoms with Crippen LogP contribution in [-0.4, -0.2) is 62.6 Å². The minimum absolute atomic E-state index is 0.0361. The van der Waals surface area contributed by atoms with E-state index in [9.17, 15) is 30.8 Å². The second-order valence-corrected chi connectivity index (χ2v) is 11.0. The summed E-state index contributed by atoms with van der Waals surface area (Å²) in [5.41, 5.74) is 0.839. The molecule has 1 fully saturated rings. The first-order valence-corrected chi connectivity index (χ1v) is 14.0. The molecule has 2 aliphatic heterocycles. The molecule has 0 aliphatic carbocycles. The Morgan fingerprint density at radius 3 is 2.58 bits per heavy atom. The lowest BCUT2D eigenvalue weighted by atomic mass is 9.97. The Morgan fingerprint density at radius 2 is 1.92 bits per heavy atom. The summed E-state index contributed by atoms with van der Waals surface area (Å²) in [6, 6.07) is 2.32. The van der Waals surface area contributed by atoms with Gasteiger partial charge in [0.2, 0.25) is 6.29 Å². The van der Waals surface area contributed by atoms with Gasteiger partial charge in [0, 0.05) is 35.5 Å². The van der Waals surface area contributed by atoms with Gasteiger partial charge < -0.3 is 23.4 Å². The van der Waals surface area contributed by atoms with Gasteiger partial charge in [0.25, 0.3) is 5.91 Å². The summed E-state index contributed by atoms with van der Waals surface area (Å²) >= 11 is 1.38. The monoisotopic (exact) mass is 581 g/mol. The van der Waals surface area contributed by atoms with Gasteiger partial charge in [-0.25, -0.2) is 9.37 Å². The predicted octanol–water partition coefficient (Wildman–Crippen LogP) is 3.64. The minimum atomic E-state index is -4.61. The third-order valence-corrected chi connectivity index (χ3v) is 7.28. The number of hydrogen-bond donors (Lipinski definition) is 0. The summed E-state index contributed by atoms with van der Waals surface area (Å²) in [4.78, 5) is 22.7. The molecule has 4 rings (SSSR count). The number of carbonyl (C=O) groups is 1. The molecule has 0 N–H and O–H groups in total. The Balaban J connectivity index is 1.33. The number of aromatic nitrogens is 1. The van der Waals surface area contributed by atoms with E-state index in [1.807, 2.05) is 0 Å². The number of rotatable bonds is 7. The Hall–Kier alpha value is -2.82. The Morgan fingerprint density at radius 1 is 1.24 bits per heavy atom. The fourth-order valence-electron chi connectivity index (χ4n) is 3.99. The molecule has 0 radical (unpaired) electrons. The molecule has 38 heavy (non-hydrogen) atoms. The van der Waals surface area contributed by atoms with Crippen LogP contribution in [0.4, 0.5) is 17.6 Å². The zero-order chi connectivity index (χ0) is 27.5. The number of fused-ring (bicyclic) bond motifs is 1. The molecule has 0 bridgehead atoms. The fourth-order valence-corrected chi connectivity index (χ4v) is 5.46. The maximum absolute atomic E-state index is 14.4. The maximum atomic E-state index is 14.4. The summed E-state index contributed by atoms with van der Waals surface area (Å²) in [7, 11) is -3.84. The third-order valence-electron chi connectivity index (χ3n) is 5.77. The molecule has 1 atom stereocenters. The number of ether oxygens (including phenoxy) is 2. The van der Waals surface area contributed by atoms with Crippen LogP contribution < -0.4 is 4.18 Å². The summed E-state index contributed by atoms with van der Waals surface area (Å²) in [6.45, 7) is -0.187. The first-order valence-electron chi connectivity index (χ1n) is 11.3. The van der Waals surface area contributed by atoms with E-state index in [0.29, 0.717) is 31.6 Å². The topological polar surface area (TPSA) is 117 Å². The van der Waals surface area contributed by atoms with Gasteiger partial charge in [0.15, 0.2) is 6.61 Å². The second-order valence-electron chi connectivity index (χ2n) is 8.56. The van der Waals surface area contributed by atoms with Crippen molar-refractivity contribution in [3.63, 3.8) is 0 Å². The van der Waals surface area contributed by atoms with Crippen molar-refractivity contribution in [2.24, 2.45) is 5.16 Å². The molecule has 10 nitrogen and oxygen atoms in total. The van der Waals surface area contributed by atoms with E-state index < -0.39 is 40.9 Å². The van der Waals surface area contributed by atoms with Crippen LogP contribution in [0.5, 0.6) is 5.75 Å². The van der Waals surface area contributed by atoms with E-state index in [0.717, 1.165) is 17.3 Å². The van der Waals surface area contributed by atoms with Crippen molar-refractivity contribution < 1.29 is 49.3 Å². The lowest BCUT2D eigenvalue weighted by Crippen LogP contribution is -2.39. The molecule has 0 spiro atoms. The highest BCUT2D eigenvalue weighted by molar-refractivity contribution is 7.86. The van der Waals surface area contributed by atoms with E-state index in [-0.39, 0.29) is 42.2 Å². The second kappa shape index (κ2) is 11.5. The molecule has 208 valence electrons. The van der Waals surface area contributed by atoms with Crippen LogP contribution in [-0.2, 0) is 42.4 Å². The van der Waals surface area contributed by atoms with Gasteiger partial charge >= 0.3 is 16.3 Å². The van der Waals surface area contributed by atoms with Crippen LogP contribution in [0.1, 0.15) is 46.9 Å². The number of benzene rings is 1. The fraction of sp³-hybridized carbons (Fsp3) is 0.500. The number of piperidine rings is 1. The lowest BCUT2D eigenvalue weighted by molar-refractivity contribution is -0.155. The van der Waals surface area contributed by atoms with Gasteiger partial charge in [-0.15, -0.1) is 11.3 Å². The van der Waals surface area contributed by atoms with Crippen molar-refractivity contribution in [3.05, 3.63) is 45.2 Å². The quantitative estimate of drug-likeness (QED) is 0.211. The Labute approximate surface area is 219 Å². The van der Waals surface area contributed by atoms with Crippen LogP contribution in [0.15, 0.2) is 22.7 Å². The van der Waals surface area contributed by atoms with E-state index >= 15 is 0 Å². The van der Waals surface area contributed by atoms with Gasteiger partial charge in [0.1, 0.15) is 23.5 Å². The highest BCUT2D eigenvalue weighted by Crippen LogP contribution is 2.36. The summed E-state index contributed by atoms with van der Waals surface area (Å²) < 4.78 is 90.2. The summed E-state index contributed by atoms with van der Waals surface area (Å²) in [6.07, 6.45) is -3.81. The number of oxime groups is 1. The molecule has 2 aliphatic rings. The maximum Gasteiger partial charge on any atom is 0.429 e. The van der Waals surface area contributed by atoms with Gasteiger partial charge in [0.05, 0.1) is 24.5 Å². The van der Waals surface area contributed by atoms with E-state index in [2.05, 4.69) is 15.0 Å². The molecule has 1 aromatic heterocycles. The summed E-state index contributed by atoms with van der Waals surface area (Å²) in [5.74, 6) is -1.04. The van der Waals surface area contributed by atoms with Crippen molar-refractivity contribution in [2.45, 2.75) is 44.4 Å². The molecule has 3 heterocycles. The molecule has 1 unspecified atom stereocenters. The number of halogens is 4. The van der Waals surface area contributed by atoms with Gasteiger partial charge in [-0.2, -0.15) is 21.6 Å². The van der Waals surface area contributed by atoms with Gasteiger partial charge in [-0.05, 0) is 25.0 Å². The summed E-state index contributed by atoms with van der Waals surface area (Å²) in [5, 5.41) is 5.29. The number of nitrogens with zero attached hydrogens (tertiary/aromatic N) is 3. The van der Waals surface area contributed by atoms with Crippen LogP contribution in [0.25, 0.3) is 0 Å². The smallest absolute Gasteiger partial charge is 0.386 e. The zero-order valence-electron chi connectivity index (χ0n) is 19.9. The SMILES string of the molecule is CS(=O)(=O)Oc1ccc(F)c2c1COC(c1csc(C3CCN(C(=O)CO/N=C/C(F)(F)F)CC3)n1)OC2. The average Bonchev–Trinajstić information content (AvgIpc) is 3.22. The highest BCUT2D eigenvalue weighted by atomic mass is 32.2. The van der Waals surface area contributed by atoms with Crippen molar-refractivity contribution in [3.8, 4) is 5.75 Å². The van der Waals surface area contributed by atoms with Gasteiger partial charge in [-0.1, -0.05) is 5.16 Å². The molecular weight excluding hydrogens is 558 g/mol. The normalized spacial score (nSPS) is 19.3. The lowest BCUT2D eigenvalue weighted by Gasteiger charge is -2.30. The minimum Gasteiger partial charge on any atom is -0.386 e. The van der Waals surface area contributed by atoms with Crippen molar-refractivity contribution in [1.29, 1.82) is 0 Å². The molecule has 16 heteroatoms. The van der Waals surface area contributed by atoms with Gasteiger partial charge in [-0.3, -0.25) is 4.79 Å². The number of thiazole rings is 1.